The van der Waals surface area contributed by atoms with Crippen molar-refractivity contribution in [2.24, 2.45) is 0 Å². The predicted molar refractivity (Wildman–Crippen MR) is 246 cm³/mol. The second-order valence-corrected chi connectivity index (χ2v) is 15.7. The van der Waals surface area contributed by atoms with E-state index in [0.29, 0.717) is 0 Å². The van der Waals surface area contributed by atoms with Gasteiger partial charge < -0.3 is 4.90 Å². The number of rotatable bonds is 8. The highest BCUT2D eigenvalue weighted by Gasteiger charge is 2.18. The van der Waals surface area contributed by atoms with E-state index in [1.807, 2.05) is 6.07 Å². The Labute approximate surface area is 342 Å². The molecule has 0 spiro atoms. The minimum atomic E-state index is 0.916. The molecule has 1 aromatic heterocycles. The summed E-state index contributed by atoms with van der Waals surface area (Å²) < 4.78 is 1.15. The number of hydrogen-bond acceptors (Lipinski definition) is 4. The SMILES string of the molecule is Sc1cc2nc(-c3ccccc3)sc2cc1-c1cccc(-c2ccc(N(c3ccc(-c4ccc5ccccc5c4)cc3)c3ccccc3-c3ccccc3)cc2)c1. The zero-order valence-electron chi connectivity index (χ0n) is 31.0. The Bertz CT molecular complexity index is 3010. The molecule has 0 unspecified atom stereocenters. The van der Waals surface area contributed by atoms with Crippen LogP contribution < -0.4 is 4.90 Å². The molecule has 0 atom stereocenters. The lowest BCUT2D eigenvalue weighted by atomic mass is 9.98. The van der Waals surface area contributed by atoms with Crippen molar-refractivity contribution in [1.82, 2.24) is 4.98 Å². The molecule has 57 heavy (non-hydrogen) atoms. The normalized spacial score (nSPS) is 11.2. The van der Waals surface area contributed by atoms with Gasteiger partial charge in [0.2, 0.25) is 0 Å². The van der Waals surface area contributed by atoms with E-state index < -0.39 is 0 Å². The molecule has 9 aromatic carbocycles. The van der Waals surface area contributed by atoms with Crippen molar-refractivity contribution < 1.29 is 0 Å². The zero-order valence-corrected chi connectivity index (χ0v) is 32.7. The molecular weight excluding hydrogens is 729 g/mol. The molecular formula is C53H36N2S2. The molecule has 2 nitrogen and oxygen atoms in total. The van der Waals surface area contributed by atoms with Gasteiger partial charge in [-0.3, -0.25) is 0 Å². The monoisotopic (exact) mass is 764 g/mol. The van der Waals surface area contributed by atoms with Gasteiger partial charge in [0.1, 0.15) is 5.01 Å². The molecule has 270 valence electrons. The maximum absolute atomic E-state index is 4.94. The van der Waals surface area contributed by atoms with E-state index >= 15 is 0 Å². The number of nitrogens with zero attached hydrogens (tertiary/aromatic N) is 2. The first kappa shape index (κ1) is 34.7. The van der Waals surface area contributed by atoms with Gasteiger partial charge in [-0.1, -0.05) is 158 Å². The Morgan fingerprint density at radius 1 is 0.386 bits per heavy atom. The minimum Gasteiger partial charge on any atom is -0.310 e. The summed E-state index contributed by atoms with van der Waals surface area (Å²) in [6.45, 7) is 0. The fourth-order valence-electron chi connectivity index (χ4n) is 7.70. The minimum absolute atomic E-state index is 0.916. The molecule has 0 bridgehead atoms. The molecule has 1 heterocycles. The molecule has 0 fully saturated rings. The number of fused-ring (bicyclic) bond motifs is 2. The van der Waals surface area contributed by atoms with Crippen LogP contribution in [0.25, 0.3) is 76.1 Å². The van der Waals surface area contributed by atoms with Crippen LogP contribution in [0.5, 0.6) is 0 Å². The highest BCUT2D eigenvalue weighted by Crippen LogP contribution is 2.43. The average Bonchev–Trinajstić information content (AvgIpc) is 3.70. The van der Waals surface area contributed by atoms with E-state index in [1.54, 1.807) is 11.3 Å². The first-order valence-electron chi connectivity index (χ1n) is 19.1. The number of benzene rings is 9. The van der Waals surface area contributed by atoms with Gasteiger partial charge in [-0.15, -0.1) is 24.0 Å². The smallest absolute Gasteiger partial charge is 0.124 e. The van der Waals surface area contributed by atoms with E-state index in [4.69, 9.17) is 17.6 Å². The molecule has 0 saturated carbocycles. The van der Waals surface area contributed by atoms with Crippen molar-refractivity contribution in [2.45, 2.75) is 4.90 Å². The van der Waals surface area contributed by atoms with Crippen molar-refractivity contribution in [1.29, 1.82) is 0 Å². The number of thiol groups is 1. The van der Waals surface area contributed by atoms with E-state index in [0.717, 1.165) is 65.0 Å². The Morgan fingerprint density at radius 3 is 1.67 bits per heavy atom. The van der Waals surface area contributed by atoms with Crippen molar-refractivity contribution >= 4 is 62.0 Å². The highest BCUT2D eigenvalue weighted by atomic mass is 32.1. The zero-order chi connectivity index (χ0) is 38.1. The molecule has 0 aliphatic carbocycles. The number of hydrogen-bond donors (Lipinski definition) is 1. The van der Waals surface area contributed by atoms with Gasteiger partial charge in [-0.2, -0.15) is 0 Å². The first-order valence-corrected chi connectivity index (χ1v) is 20.3. The topological polar surface area (TPSA) is 16.1 Å². The largest absolute Gasteiger partial charge is 0.310 e. The fraction of sp³-hybridized carbons (Fsp3) is 0. The molecule has 0 saturated heterocycles. The standard InChI is InChI=1S/C53H36N2S2/c56-51-35-49-52(57-53(54-49)40-15-5-2-6-16-40)34-48(51)44-19-11-18-42(33-44)37-24-28-45(29-25-37)55(50-21-10-9-20-47(50)39-13-3-1-4-14-39)46-30-26-38(27-31-46)43-23-22-36-12-7-8-17-41(36)32-43/h1-35,56H. The van der Waals surface area contributed by atoms with Crippen LogP contribution in [0.3, 0.4) is 0 Å². The summed E-state index contributed by atoms with van der Waals surface area (Å²) >= 11 is 6.66. The molecule has 0 aliphatic rings. The lowest BCUT2D eigenvalue weighted by molar-refractivity contribution is 1.28. The van der Waals surface area contributed by atoms with Crippen LogP contribution in [-0.2, 0) is 0 Å². The third-order valence-electron chi connectivity index (χ3n) is 10.6. The Hall–Kier alpha value is -6.72. The van der Waals surface area contributed by atoms with Gasteiger partial charge in [0, 0.05) is 27.4 Å². The van der Waals surface area contributed by atoms with E-state index in [9.17, 15) is 0 Å². The summed E-state index contributed by atoms with van der Waals surface area (Å²) in [6, 6.07) is 75.9. The quantitative estimate of drug-likeness (QED) is 0.155. The van der Waals surface area contributed by atoms with Gasteiger partial charge in [-0.05, 0) is 104 Å². The van der Waals surface area contributed by atoms with Crippen molar-refractivity contribution in [2.75, 3.05) is 4.90 Å². The first-order chi connectivity index (χ1) is 28.1. The van der Waals surface area contributed by atoms with Gasteiger partial charge in [0.25, 0.3) is 0 Å². The fourth-order valence-corrected chi connectivity index (χ4v) is 9.01. The molecule has 4 heteroatoms. The van der Waals surface area contributed by atoms with Crippen LogP contribution in [0.1, 0.15) is 0 Å². The van der Waals surface area contributed by atoms with Crippen LogP contribution >= 0.6 is 24.0 Å². The Kier molecular flexibility index (Phi) is 9.19. The van der Waals surface area contributed by atoms with Crippen LogP contribution in [0.15, 0.2) is 217 Å². The molecule has 10 aromatic rings. The maximum atomic E-state index is 4.94. The van der Waals surface area contributed by atoms with E-state index in [2.05, 4.69) is 211 Å². The Morgan fingerprint density at radius 2 is 0.947 bits per heavy atom. The number of aromatic nitrogens is 1. The summed E-state index contributed by atoms with van der Waals surface area (Å²) in [5.41, 5.74) is 14.7. The van der Waals surface area contributed by atoms with Gasteiger partial charge in [-0.25, -0.2) is 4.98 Å². The van der Waals surface area contributed by atoms with Crippen molar-refractivity contribution in [3.8, 4) is 55.1 Å². The number of anilines is 3. The molecule has 0 aliphatic heterocycles. The molecule has 0 radical (unpaired) electrons. The predicted octanol–water partition coefficient (Wildman–Crippen LogP) is 15.5. The number of para-hydroxylation sites is 1. The van der Waals surface area contributed by atoms with Crippen LogP contribution in [-0.4, -0.2) is 4.98 Å². The summed E-state index contributed by atoms with van der Waals surface area (Å²) in [6.07, 6.45) is 0. The van der Waals surface area contributed by atoms with Gasteiger partial charge in [0.15, 0.2) is 0 Å². The van der Waals surface area contributed by atoms with Crippen molar-refractivity contribution in [3.05, 3.63) is 212 Å². The lowest BCUT2D eigenvalue weighted by Crippen LogP contribution is -2.11. The lowest BCUT2D eigenvalue weighted by Gasteiger charge is -2.28. The highest BCUT2D eigenvalue weighted by molar-refractivity contribution is 7.80. The second kappa shape index (κ2) is 15.1. The van der Waals surface area contributed by atoms with E-state index in [-0.39, 0.29) is 0 Å². The molecule has 0 N–H and O–H groups in total. The summed E-state index contributed by atoms with van der Waals surface area (Å²) in [7, 11) is 0. The second-order valence-electron chi connectivity index (χ2n) is 14.2. The van der Waals surface area contributed by atoms with Crippen LogP contribution in [0.4, 0.5) is 17.1 Å². The molecule has 10 rings (SSSR count). The van der Waals surface area contributed by atoms with E-state index in [1.165, 1.54) is 33.0 Å². The number of thiazole rings is 1. The summed E-state index contributed by atoms with van der Waals surface area (Å²) in [4.78, 5) is 8.21. The maximum Gasteiger partial charge on any atom is 0.124 e. The van der Waals surface area contributed by atoms with Gasteiger partial charge in [0.05, 0.1) is 15.9 Å². The average molecular weight is 765 g/mol. The van der Waals surface area contributed by atoms with Gasteiger partial charge >= 0.3 is 0 Å². The van der Waals surface area contributed by atoms with Crippen LogP contribution in [0, 0.1) is 0 Å². The Balaban J connectivity index is 1.01. The summed E-state index contributed by atoms with van der Waals surface area (Å²) in [5.74, 6) is 0. The third-order valence-corrected chi connectivity index (χ3v) is 12.0. The molecule has 0 amide bonds. The van der Waals surface area contributed by atoms with Crippen molar-refractivity contribution in [3.63, 3.8) is 0 Å². The summed E-state index contributed by atoms with van der Waals surface area (Å²) in [5, 5.41) is 3.51. The van der Waals surface area contributed by atoms with Crippen LogP contribution in [0.2, 0.25) is 0 Å². The third kappa shape index (κ3) is 6.91.